The van der Waals surface area contributed by atoms with Crippen LogP contribution in [0.5, 0.6) is 0 Å². The number of rotatable bonds is 5. The minimum Gasteiger partial charge on any atom is -0.481 e. The quantitative estimate of drug-likeness (QED) is 0.496. The number of aromatic nitrogens is 2. The van der Waals surface area contributed by atoms with Gasteiger partial charge in [-0.2, -0.15) is 13.2 Å². The molecule has 1 N–H and O–H groups in total. The van der Waals surface area contributed by atoms with Crippen LogP contribution in [0.15, 0.2) is 46.0 Å². The van der Waals surface area contributed by atoms with Crippen molar-refractivity contribution in [1.82, 2.24) is 9.13 Å². The molecule has 0 bridgehead atoms. The Morgan fingerprint density at radius 3 is 2.33 bits per heavy atom. The smallest absolute Gasteiger partial charge is 0.419 e. The number of aryl methyl sites for hydroxylation is 1. The van der Waals surface area contributed by atoms with Gasteiger partial charge in [0.25, 0.3) is 5.56 Å². The predicted octanol–water partition coefficient (Wildman–Crippen LogP) is 4.96. The molecule has 0 saturated heterocycles. The average Bonchev–Trinajstić information content (AvgIpc) is 2.80. The minimum atomic E-state index is -4.89. The zero-order valence-electron chi connectivity index (χ0n) is 19.9. The first-order valence-corrected chi connectivity index (χ1v) is 11.6. The Balaban J connectivity index is 1.80. The van der Waals surface area contributed by atoms with E-state index < -0.39 is 46.7 Å². The summed E-state index contributed by atoms with van der Waals surface area (Å²) in [7, 11) is 0. The number of hydrogen-bond donors (Lipinski definition) is 1. The molecule has 4 rings (SSSR count). The van der Waals surface area contributed by atoms with Crippen LogP contribution in [-0.4, -0.2) is 20.2 Å². The van der Waals surface area contributed by atoms with Crippen molar-refractivity contribution >= 4 is 16.9 Å². The van der Waals surface area contributed by atoms with Gasteiger partial charge >= 0.3 is 17.8 Å². The van der Waals surface area contributed by atoms with Crippen LogP contribution in [0.3, 0.4) is 0 Å². The number of carboxylic acids is 1. The van der Waals surface area contributed by atoms with Gasteiger partial charge < -0.3 is 5.11 Å². The van der Waals surface area contributed by atoms with E-state index in [1.807, 2.05) is 0 Å². The molecule has 2 aromatic carbocycles. The number of fused-ring (bicyclic) bond motifs is 1. The molecule has 3 aromatic rings. The highest BCUT2D eigenvalue weighted by molar-refractivity contribution is 5.81. The van der Waals surface area contributed by atoms with Gasteiger partial charge in [-0.1, -0.05) is 24.3 Å². The summed E-state index contributed by atoms with van der Waals surface area (Å²) < 4.78 is 56.7. The lowest BCUT2D eigenvalue weighted by atomic mass is 9.72. The van der Waals surface area contributed by atoms with Gasteiger partial charge in [0.05, 0.1) is 28.4 Å². The number of halogens is 4. The number of carboxylic acid groups (broad SMARTS) is 1. The van der Waals surface area contributed by atoms with Crippen molar-refractivity contribution in [2.24, 2.45) is 11.3 Å². The van der Waals surface area contributed by atoms with Gasteiger partial charge in [0.1, 0.15) is 5.82 Å². The van der Waals surface area contributed by atoms with Crippen molar-refractivity contribution in [3.8, 4) is 0 Å². The number of aliphatic carboxylic acids is 1. The van der Waals surface area contributed by atoms with Crippen LogP contribution < -0.4 is 11.2 Å². The molecule has 1 heterocycles. The van der Waals surface area contributed by atoms with Gasteiger partial charge in [-0.05, 0) is 63.1 Å². The van der Waals surface area contributed by atoms with Gasteiger partial charge in [-0.15, -0.1) is 0 Å². The first kappa shape index (κ1) is 25.7. The third-order valence-corrected chi connectivity index (χ3v) is 7.34. The molecule has 10 heteroatoms. The van der Waals surface area contributed by atoms with Crippen LogP contribution in [0.25, 0.3) is 10.9 Å². The molecule has 0 atom stereocenters. The molecule has 192 valence electrons. The monoisotopic (exact) mass is 506 g/mol. The lowest BCUT2D eigenvalue weighted by molar-refractivity contribution is -0.150. The topological polar surface area (TPSA) is 81.3 Å². The Morgan fingerprint density at radius 2 is 1.72 bits per heavy atom. The highest BCUT2D eigenvalue weighted by Crippen LogP contribution is 2.39. The van der Waals surface area contributed by atoms with Crippen molar-refractivity contribution < 1.29 is 27.5 Å². The molecule has 1 fully saturated rings. The van der Waals surface area contributed by atoms with E-state index in [1.54, 1.807) is 26.0 Å². The average molecular weight is 506 g/mol. The summed E-state index contributed by atoms with van der Waals surface area (Å²) >= 11 is 0. The van der Waals surface area contributed by atoms with E-state index in [4.69, 9.17) is 0 Å². The Morgan fingerprint density at radius 1 is 1.08 bits per heavy atom. The molecule has 6 nitrogen and oxygen atoms in total. The van der Waals surface area contributed by atoms with Crippen LogP contribution in [0.2, 0.25) is 0 Å². The molecule has 1 saturated carbocycles. The Labute approximate surface area is 203 Å². The zero-order valence-corrected chi connectivity index (χ0v) is 19.9. The molecule has 0 aliphatic heterocycles. The molecule has 36 heavy (non-hydrogen) atoms. The van der Waals surface area contributed by atoms with E-state index in [-0.39, 0.29) is 28.9 Å². The Kier molecular flexibility index (Phi) is 6.57. The maximum absolute atomic E-state index is 14.8. The number of nitrogens with zero attached hydrogens (tertiary/aromatic N) is 2. The first-order valence-electron chi connectivity index (χ1n) is 11.6. The first-order chi connectivity index (χ1) is 16.8. The van der Waals surface area contributed by atoms with E-state index in [9.17, 15) is 37.1 Å². The number of carbonyl (C=O) groups is 1. The summed E-state index contributed by atoms with van der Waals surface area (Å²) in [6.07, 6.45) is -3.09. The molecule has 0 spiro atoms. The van der Waals surface area contributed by atoms with Crippen molar-refractivity contribution in [3.05, 3.63) is 79.7 Å². The third kappa shape index (κ3) is 4.56. The maximum Gasteiger partial charge on any atom is 0.419 e. The summed E-state index contributed by atoms with van der Waals surface area (Å²) in [5, 5.41) is 9.70. The molecular formula is C26H26F4N2O4. The van der Waals surface area contributed by atoms with Crippen molar-refractivity contribution in [2.75, 3.05) is 0 Å². The van der Waals surface area contributed by atoms with E-state index in [2.05, 4.69) is 0 Å². The maximum atomic E-state index is 14.8. The van der Waals surface area contributed by atoms with Gasteiger partial charge in [0, 0.05) is 12.1 Å². The van der Waals surface area contributed by atoms with E-state index in [0.717, 1.165) is 15.2 Å². The summed E-state index contributed by atoms with van der Waals surface area (Å²) in [4.78, 5) is 38.4. The lowest BCUT2D eigenvalue weighted by Crippen LogP contribution is -2.43. The highest BCUT2D eigenvalue weighted by atomic mass is 19.4. The second-order valence-corrected chi connectivity index (χ2v) is 9.84. The highest BCUT2D eigenvalue weighted by Gasteiger charge is 2.38. The van der Waals surface area contributed by atoms with Gasteiger partial charge in [0.2, 0.25) is 0 Å². The van der Waals surface area contributed by atoms with Crippen LogP contribution in [0.1, 0.15) is 49.3 Å². The standard InChI is InChI=1S/C26H26F4N2O4/c1-15-5-3-8-19-20(15)22(33)32(13-16-9-11-25(2,12-10-16)23(34)35)24(36)31(19)14-17-6-4-7-18(21(17)27)26(28,29)30/h3-8,16H,9-14H2,1-2H3,(H,34,35). The molecular weight excluding hydrogens is 480 g/mol. The van der Waals surface area contributed by atoms with Crippen LogP contribution in [0.4, 0.5) is 17.6 Å². The van der Waals surface area contributed by atoms with E-state index in [0.29, 0.717) is 37.3 Å². The molecule has 1 aliphatic rings. The lowest BCUT2D eigenvalue weighted by Gasteiger charge is -2.34. The van der Waals surface area contributed by atoms with Crippen LogP contribution >= 0.6 is 0 Å². The third-order valence-electron chi connectivity index (χ3n) is 7.34. The van der Waals surface area contributed by atoms with Crippen molar-refractivity contribution in [3.63, 3.8) is 0 Å². The van der Waals surface area contributed by atoms with E-state index >= 15 is 0 Å². The molecule has 0 unspecified atom stereocenters. The minimum absolute atomic E-state index is 0.0444. The fourth-order valence-electron chi connectivity index (χ4n) is 5.00. The molecule has 0 radical (unpaired) electrons. The van der Waals surface area contributed by atoms with Gasteiger partial charge in [-0.3, -0.25) is 18.7 Å². The van der Waals surface area contributed by atoms with E-state index in [1.165, 1.54) is 12.1 Å². The molecule has 1 aromatic heterocycles. The van der Waals surface area contributed by atoms with Crippen LogP contribution in [0, 0.1) is 24.1 Å². The van der Waals surface area contributed by atoms with Gasteiger partial charge in [-0.25, -0.2) is 9.18 Å². The number of hydrogen-bond acceptors (Lipinski definition) is 3. The largest absolute Gasteiger partial charge is 0.481 e. The number of alkyl halides is 3. The summed E-state index contributed by atoms with van der Waals surface area (Å²) in [5.41, 5.74) is -3.10. The van der Waals surface area contributed by atoms with Crippen molar-refractivity contribution in [2.45, 2.75) is 58.8 Å². The van der Waals surface area contributed by atoms with Gasteiger partial charge in [0.15, 0.2) is 0 Å². The summed E-state index contributed by atoms with van der Waals surface area (Å²) in [5.74, 6) is -2.47. The Bertz CT molecular complexity index is 1450. The summed E-state index contributed by atoms with van der Waals surface area (Å²) in [6.45, 7) is 2.92. The van der Waals surface area contributed by atoms with Crippen LogP contribution in [-0.2, 0) is 24.1 Å². The fraction of sp³-hybridized carbons (Fsp3) is 0.423. The summed E-state index contributed by atoms with van der Waals surface area (Å²) in [6, 6.07) is 7.72. The van der Waals surface area contributed by atoms with Crippen molar-refractivity contribution in [1.29, 1.82) is 0 Å². The SMILES string of the molecule is Cc1cccc2c1c(=O)n(CC1CCC(C)(C(=O)O)CC1)c(=O)n2Cc1cccc(C(F)(F)F)c1F. The normalized spacial score (nSPS) is 20.6. The fourth-order valence-corrected chi connectivity index (χ4v) is 5.00. The molecule has 1 aliphatic carbocycles. The zero-order chi connectivity index (χ0) is 26.4. The predicted molar refractivity (Wildman–Crippen MR) is 125 cm³/mol. The second kappa shape index (κ2) is 9.22. The Hall–Kier alpha value is -3.43. The second-order valence-electron chi connectivity index (χ2n) is 9.84. The molecule has 0 amide bonds. The number of benzene rings is 2.